The highest BCUT2D eigenvalue weighted by Gasteiger charge is 2.51. The number of aliphatic hydroxyl groups is 8. The maximum absolute atomic E-state index is 13.4. The highest BCUT2D eigenvalue weighted by Crippen LogP contribution is 2.30. The fourth-order valence-electron chi connectivity index (χ4n) is 12.5. The Morgan fingerprint density at radius 2 is 0.700 bits per heavy atom. The molecule has 0 radical (unpaired) electrons. The smallest absolute Gasteiger partial charge is 0.220 e. The number of rotatable bonds is 66. The third-order valence-electron chi connectivity index (χ3n) is 18.8. The molecule has 0 saturated carbocycles. The van der Waals surface area contributed by atoms with Crippen molar-refractivity contribution >= 4 is 5.91 Å². The second-order valence-corrected chi connectivity index (χ2v) is 27.8. The average Bonchev–Trinajstić information content (AvgIpc) is 0.791. The molecule has 1 amide bonds. The Hall–Kier alpha value is -3.87. The van der Waals surface area contributed by atoms with Crippen LogP contribution in [-0.2, 0) is 23.7 Å². The number of aliphatic hydroxyl groups excluding tert-OH is 8. The first-order valence-corrected chi connectivity index (χ1v) is 40.4. The van der Waals surface area contributed by atoms with Gasteiger partial charge in [0.05, 0.1) is 32.0 Å². The van der Waals surface area contributed by atoms with Gasteiger partial charge < -0.3 is 65.1 Å². The van der Waals surface area contributed by atoms with Gasteiger partial charge in [-0.15, -0.1) is 0 Å². The summed E-state index contributed by atoms with van der Waals surface area (Å²) in [5.41, 5.74) is 0. The third-order valence-corrected chi connectivity index (χ3v) is 18.8. The first kappa shape index (κ1) is 92.2. The molecule has 574 valence electrons. The van der Waals surface area contributed by atoms with Crippen molar-refractivity contribution in [2.24, 2.45) is 0 Å². The minimum absolute atomic E-state index is 0.258. The van der Waals surface area contributed by atoms with Gasteiger partial charge in [0.2, 0.25) is 5.91 Å². The van der Waals surface area contributed by atoms with Crippen molar-refractivity contribution in [2.45, 2.75) is 383 Å². The predicted molar refractivity (Wildman–Crippen MR) is 415 cm³/mol. The Balaban J connectivity index is 1.65. The zero-order valence-corrected chi connectivity index (χ0v) is 62.9. The van der Waals surface area contributed by atoms with E-state index in [1.54, 1.807) is 6.08 Å². The van der Waals surface area contributed by atoms with Gasteiger partial charge in [-0.05, 0) is 103 Å². The number of hydrogen-bond donors (Lipinski definition) is 9. The summed E-state index contributed by atoms with van der Waals surface area (Å²) < 4.78 is 22.9. The number of unbranched alkanes of at least 4 members (excludes halogenated alkanes) is 33. The molecule has 2 aliphatic rings. The number of ether oxygens (including phenoxy) is 4. The van der Waals surface area contributed by atoms with Crippen molar-refractivity contribution in [3.63, 3.8) is 0 Å². The monoisotopic (exact) mass is 1400 g/mol. The molecule has 0 spiro atoms. The third kappa shape index (κ3) is 50.5. The number of carbonyl (C=O) groups is 1. The van der Waals surface area contributed by atoms with Crippen molar-refractivity contribution < 1.29 is 64.6 Å². The fraction of sp³-hybridized carbons (Fsp3) is 0.733. The van der Waals surface area contributed by atoms with Crippen molar-refractivity contribution in [1.29, 1.82) is 0 Å². The Morgan fingerprint density at radius 3 is 1.10 bits per heavy atom. The minimum Gasteiger partial charge on any atom is -0.394 e. The maximum atomic E-state index is 13.4. The van der Waals surface area contributed by atoms with Crippen LogP contribution in [0.15, 0.2) is 134 Å². The molecule has 9 N–H and O–H groups in total. The zero-order chi connectivity index (χ0) is 72.2. The number of amides is 1. The summed E-state index contributed by atoms with van der Waals surface area (Å²) in [7, 11) is 0. The molecule has 2 heterocycles. The van der Waals surface area contributed by atoms with Gasteiger partial charge in [0.15, 0.2) is 12.6 Å². The predicted octanol–water partition coefficient (Wildman–Crippen LogP) is 18.6. The molecule has 0 aliphatic carbocycles. The quantitative estimate of drug-likeness (QED) is 0.0204. The van der Waals surface area contributed by atoms with Crippen LogP contribution >= 0.6 is 0 Å². The van der Waals surface area contributed by atoms with E-state index in [9.17, 15) is 45.6 Å². The van der Waals surface area contributed by atoms with Crippen LogP contribution in [0.4, 0.5) is 0 Å². The summed E-state index contributed by atoms with van der Waals surface area (Å²) in [4.78, 5) is 13.4. The molecule has 14 heteroatoms. The summed E-state index contributed by atoms with van der Waals surface area (Å²) >= 11 is 0. The molecule has 12 unspecified atom stereocenters. The number of allylic oxidation sites excluding steroid dienone is 21. The van der Waals surface area contributed by atoms with Crippen molar-refractivity contribution in [3.8, 4) is 0 Å². The second-order valence-electron chi connectivity index (χ2n) is 27.8. The molecule has 0 aromatic rings. The molecule has 12 atom stereocenters. The van der Waals surface area contributed by atoms with Gasteiger partial charge in [-0.3, -0.25) is 4.79 Å². The molecular weight excluding hydrogens is 1250 g/mol. The molecule has 14 nitrogen and oxygen atoms in total. The highest BCUT2D eigenvalue weighted by molar-refractivity contribution is 5.76. The van der Waals surface area contributed by atoms with Crippen LogP contribution in [-0.4, -0.2) is 140 Å². The van der Waals surface area contributed by atoms with Crippen LogP contribution in [0.5, 0.6) is 0 Å². The standard InChI is InChI=1S/C86H147NO13/c1-3-5-7-9-11-13-15-17-19-21-23-25-27-29-31-33-34-35-36-37-38-39-40-42-44-46-48-50-52-54-56-58-60-62-64-66-68-70-78(91)87-74(73-97-85-83(96)81(94)84(77(72-89)99-85)100-86-82(95)80(93)79(92)76(71-88)98-86)75(90)69-67-65-63-61-59-57-55-53-51-49-47-45-43-41-32-30-28-26-24-22-20-18-16-14-12-10-8-6-4-2/h5,7,11,13,17,19,23,25,29,31,34-35,37-38,40,42,46,48,59,61,67,69,74-77,79-86,88-90,92-96H,3-4,6,8-10,12,14-16,18,20-22,24,26-28,30,32-33,36,39,41,43-45,47,49-58,60,62-66,68,70-73H2,1-2H3,(H,87,91)/b7-5-,13-11-,19-17-,25-23-,31-29-,35-34-,38-37-,42-40-,48-46-,61-59+,69-67+. The van der Waals surface area contributed by atoms with E-state index in [4.69, 9.17) is 18.9 Å². The molecule has 2 rings (SSSR count). The summed E-state index contributed by atoms with van der Waals surface area (Å²) in [6.45, 7) is 2.69. The van der Waals surface area contributed by atoms with E-state index in [0.717, 1.165) is 103 Å². The van der Waals surface area contributed by atoms with Crippen molar-refractivity contribution in [3.05, 3.63) is 134 Å². The van der Waals surface area contributed by atoms with E-state index in [0.29, 0.717) is 12.8 Å². The van der Waals surface area contributed by atoms with Gasteiger partial charge in [0, 0.05) is 6.42 Å². The number of carbonyl (C=O) groups excluding carboxylic acids is 1. The number of hydrogen-bond acceptors (Lipinski definition) is 13. The lowest BCUT2D eigenvalue weighted by atomic mass is 9.97. The van der Waals surface area contributed by atoms with E-state index in [2.05, 4.69) is 141 Å². The molecule has 0 aromatic carbocycles. The molecule has 100 heavy (non-hydrogen) atoms. The molecule has 0 aromatic heterocycles. The molecular formula is C86H147NO13. The van der Waals surface area contributed by atoms with Crippen LogP contribution in [0.1, 0.15) is 309 Å². The van der Waals surface area contributed by atoms with E-state index < -0.39 is 86.8 Å². The van der Waals surface area contributed by atoms with Crippen LogP contribution in [0, 0.1) is 0 Å². The van der Waals surface area contributed by atoms with Crippen LogP contribution in [0.25, 0.3) is 0 Å². The molecule has 2 saturated heterocycles. The lowest BCUT2D eigenvalue weighted by molar-refractivity contribution is -0.359. The average molecular weight is 1400 g/mol. The second kappa shape index (κ2) is 68.3. The number of nitrogens with one attached hydrogen (secondary N) is 1. The lowest BCUT2D eigenvalue weighted by Gasteiger charge is -2.46. The summed E-state index contributed by atoms with van der Waals surface area (Å²) in [5.74, 6) is -0.258. The van der Waals surface area contributed by atoms with E-state index >= 15 is 0 Å². The Morgan fingerprint density at radius 1 is 0.370 bits per heavy atom. The highest BCUT2D eigenvalue weighted by atomic mass is 16.7. The van der Waals surface area contributed by atoms with Gasteiger partial charge in [-0.25, -0.2) is 0 Å². The van der Waals surface area contributed by atoms with Gasteiger partial charge in [0.25, 0.3) is 0 Å². The first-order valence-electron chi connectivity index (χ1n) is 40.4. The van der Waals surface area contributed by atoms with Gasteiger partial charge in [-0.2, -0.15) is 0 Å². The topological polar surface area (TPSA) is 228 Å². The van der Waals surface area contributed by atoms with Gasteiger partial charge >= 0.3 is 0 Å². The van der Waals surface area contributed by atoms with Gasteiger partial charge in [0.1, 0.15) is 48.8 Å². The Bertz CT molecular complexity index is 2200. The Kier molecular flexibility index (Phi) is 62.9. The minimum atomic E-state index is -1.80. The summed E-state index contributed by atoms with van der Waals surface area (Å²) in [6.07, 6.45) is 85.2. The van der Waals surface area contributed by atoms with Crippen molar-refractivity contribution in [2.75, 3.05) is 19.8 Å². The molecule has 0 bridgehead atoms. The first-order chi connectivity index (χ1) is 49.1. The SMILES string of the molecule is CC/C=C\C/C=C\C/C=C\C/C=C\C/C=C\C/C=C\C/C=C\C/C=C\C/C=C\CCCCCCCCCCCC(=O)NC(COC1OC(CO)C(OC2OC(CO)C(O)C(O)C2O)C(O)C1O)C(O)/C=C/CC/C=C/CCCCCCCCCCCCCCCCCCCCCCCCC. The lowest BCUT2D eigenvalue weighted by Crippen LogP contribution is -2.65. The molecule has 2 fully saturated rings. The fourth-order valence-corrected chi connectivity index (χ4v) is 12.5. The van der Waals surface area contributed by atoms with Gasteiger partial charge in [-0.1, -0.05) is 334 Å². The van der Waals surface area contributed by atoms with Crippen LogP contribution in [0.3, 0.4) is 0 Å². The van der Waals surface area contributed by atoms with E-state index in [1.165, 1.54) is 173 Å². The van der Waals surface area contributed by atoms with Crippen molar-refractivity contribution in [1.82, 2.24) is 5.32 Å². The summed E-state index contributed by atoms with van der Waals surface area (Å²) in [6, 6.07) is -0.947. The Labute approximate surface area is 609 Å². The maximum Gasteiger partial charge on any atom is 0.220 e. The van der Waals surface area contributed by atoms with Crippen LogP contribution < -0.4 is 5.32 Å². The van der Waals surface area contributed by atoms with E-state index in [-0.39, 0.29) is 18.9 Å². The summed E-state index contributed by atoms with van der Waals surface area (Å²) in [5, 5.41) is 87.7. The largest absolute Gasteiger partial charge is 0.394 e. The van der Waals surface area contributed by atoms with Crippen LogP contribution in [0.2, 0.25) is 0 Å². The molecule has 2 aliphatic heterocycles. The van der Waals surface area contributed by atoms with E-state index in [1.807, 2.05) is 6.08 Å². The normalized spacial score (nSPS) is 22.6. The zero-order valence-electron chi connectivity index (χ0n) is 62.9.